The molecule has 0 aliphatic carbocycles. The molecule has 0 atom stereocenters. The second-order valence-electron chi connectivity index (χ2n) is 3.87. The molecule has 1 aromatic heterocycles. The SMILES string of the molecule is O=C(CCc1n[nH]c(=O)[nH]c1=O)Nc1ccccc1. The van der Waals surface area contributed by atoms with Crippen molar-refractivity contribution in [2.45, 2.75) is 12.8 Å². The molecule has 0 spiro atoms. The van der Waals surface area contributed by atoms with E-state index in [-0.39, 0.29) is 24.4 Å². The number of aryl methyl sites for hydroxylation is 1. The Balaban J connectivity index is 1.94. The molecule has 0 aliphatic rings. The Bertz CT molecular complexity index is 675. The van der Waals surface area contributed by atoms with Crippen LogP contribution in [0.5, 0.6) is 0 Å². The fourth-order valence-electron chi connectivity index (χ4n) is 1.52. The van der Waals surface area contributed by atoms with Crippen LogP contribution in [0.1, 0.15) is 12.1 Å². The number of para-hydroxylation sites is 1. The van der Waals surface area contributed by atoms with E-state index in [1.165, 1.54) is 0 Å². The Kier molecular flexibility index (Phi) is 3.87. The summed E-state index contributed by atoms with van der Waals surface area (Å²) in [6.07, 6.45) is 0.266. The molecule has 1 heterocycles. The Morgan fingerprint density at radius 2 is 1.95 bits per heavy atom. The molecular weight excluding hydrogens is 248 g/mol. The lowest BCUT2D eigenvalue weighted by Gasteiger charge is -2.03. The van der Waals surface area contributed by atoms with Gasteiger partial charge >= 0.3 is 5.69 Å². The maximum Gasteiger partial charge on any atom is 0.342 e. The first-order valence-corrected chi connectivity index (χ1v) is 5.68. The van der Waals surface area contributed by atoms with E-state index in [2.05, 4.69) is 20.5 Å². The number of nitrogens with zero attached hydrogens (tertiary/aromatic N) is 1. The van der Waals surface area contributed by atoms with Crippen LogP contribution in [0.15, 0.2) is 39.9 Å². The van der Waals surface area contributed by atoms with Gasteiger partial charge in [0.2, 0.25) is 5.91 Å². The summed E-state index contributed by atoms with van der Waals surface area (Å²) in [5.41, 5.74) is -0.419. The number of hydrogen-bond donors (Lipinski definition) is 3. The molecule has 0 bridgehead atoms. The van der Waals surface area contributed by atoms with Crippen molar-refractivity contribution in [2.75, 3.05) is 5.32 Å². The average Bonchev–Trinajstić information content (AvgIpc) is 2.39. The van der Waals surface area contributed by atoms with Crippen molar-refractivity contribution in [1.29, 1.82) is 0 Å². The fraction of sp³-hybridized carbons (Fsp3) is 0.167. The second kappa shape index (κ2) is 5.76. The third-order valence-corrected chi connectivity index (χ3v) is 2.43. The Labute approximate surface area is 107 Å². The topological polar surface area (TPSA) is 108 Å². The zero-order valence-corrected chi connectivity index (χ0v) is 9.97. The van der Waals surface area contributed by atoms with Gasteiger partial charge in [0.05, 0.1) is 0 Å². The van der Waals surface area contributed by atoms with E-state index in [1.54, 1.807) is 12.1 Å². The summed E-state index contributed by atoms with van der Waals surface area (Å²) in [6, 6.07) is 9.00. The van der Waals surface area contributed by atoms with Crippen molar-refractivity contribution >= 4 is 11.6 Å². The maximum absolute atomic E-state index is 11.6. The smallest absolute Gasteiger partial charge is 0.326 e. The summed E-state index contributed by atoms with van der Waals surface area (Å²) < 4.78 is 0. The standard InChI is InChI=1S/C12H12N4O3/c17-10(13-8-4-2-1-3-5-8)7-6-9-11(18)14-12(19)16-15-9/h1-5H,6-7H2,(H,13,17)(H2,14,16,18,19). The van der Waals surface area contributed by atoms with E-state index < -0.39 is 11.2 Å². The molecule has 0 saturated heterocycles. The average molecular weight is 260 g/mol. The van der Waals surface area contributed by atoms with E-state index in [0.717, 1.165) is 0 Å². The summed E-state index contributed by atoms with van der Waals surface area (Å²) >= 11 is 0. The number of anilines is 1. The minimum absolute atomic E-state index is 0.108. The highest BCUT2D eigenvalue weighted by Crippen LogP contribution is 2.05. The Hall–Kier alpha value is -2.70. The highest BCUT2D eigenvalue weighted by Gasteiger charge is 2.07. The van der Waals surface area contributed by atoms with E-state index >= 15 is 0 Å². The van der Waals surface area contributed by atoms with Crippen molar-refractivity contribution in [1.82, 2.24) is 15.2 Å². The zero-order valence-electron chi connectivity index (χ0n) is 9.97. The largest absolute Gasteiger partial charge is 0.342 e. The molecular formula is C12H12N4O3. The first-order chi connectivity index (χ1) is 9.15. The highest BCUT2D eigenvalue weighted by atomic mass is 16.2. The van der Waals surface area contributed by atoms with Gasteiger partial charge in [0, 0.05) is 18.5 Å². The third-order valence-electron chi connectivity index (χ3n) is 2.43. The normalized spacial score (nSPS) is 10.1. The van der Waals surface area contributed by atoms with Gasteiger partial charge < -0.3 is 5.32 Å². The lowest BCUT2D eigenvalue weighted by molar-refractivity contribution is -0.116. The lowest BCUT2D eigenvalue weighted by atomic mass is 10.2. The summed E-state index contributed by atoms with van der Waals surface area (Å²) in [4.78, 5) is 35.8. The summed E-state index contributed by atoms with van der Waals surface area (Å²) in [5.74, 6) is -0.224. The van der Waals surface area contributed by atoms with Crippen molar-refractivity contribution in [2.24, 2.45) is 0 Å². The van der Waals surface area contributed by atoms with Gasteiger partial charge in [0.1, 0.15) is 5.69 Å². The summed E-state index contributed by atoms with van der Waals surface area (Å²) in [5, 5.41) is 8.41. The predicted octanol–water partition coefficient (Wildman–Crippen LogP) is 0.0295. The molecule has 7 nitrogen and oxygen atoms in total. The number of aromatic amines is 2. The molecule has 0 aliphatic heterocycles. The number of nitrogens with one attached hydrogen (secondary N) is 3. The first kappa shape index (κ1) is 12.7. The van der Waals surface area contributed by atoms with Gasteiger partial charge in [-0.05, 0) is 12.1 Å². The Morgan fingerprint density at radius 1 is 1.21 bits per heavy atom. The monoisotopic (exact) mass is 260 g/mol. The van der Waals surface area contributed by atoms with Gasteiger partial charge in [-0.25, -0.2) is 9.89 Å². The van der Waals surface area contributed by atoms with Crippen LogP contribution < -0.4 is 16.6 Å². The number of hydrogen-bond acceptors (Lipinski definition) is 4. The van der Waals surface area contributed by atoms with Crippen molar-refractivity contribution in [3.8, 4) is 0 Å². The number of carbonyl (C=O) groups is 1. The number of aromatic nitrogens is 3. The molecule has 0 fully saturated rings. The molecule has 0 radical (unpaired) electrons. The van der Waals surface area contributed by atoms with Crippen LogP contribution in [-0.2, 0) is 11.2 Å². The molecule has 0 unspecified atom stereocenters. The van der Waals surface area contributed by atoms with Crippen molar-refractivity contribution in [3.05, 3.63) is 56.9 Å². The molecule has 7 heteroatoms. The lowest BCUT2D eigenvalue weighted by Crippen LogP contribution is -2.28. The minimum Gasteiger partial charge on any atom is -0.326 e. The van der Waals surface area contributed by atoms with Crippen LogP contribution in [0.4, 0.5) is 5.69 Å². The number of carbonyl (C=O) groups excluding carboxylic acids is 1. The van der Waals surface area contributed by atoms with Crippen molar-refractivity contribution in [3.63, 3.8) is 0 Å². The van der Waals surface area contributed by atoms with Gasteiger partial charge in [0.15, 0.2) is 0 Å². The predicted molar refractivity (Wildman–Crippen MR) is 68.9 cm³/mol. The van der Waals surface area contributed by atoms with Crippen LogP contribution in [0.25, 0.3) is 0 Å². The molecule has 98 valence electrons. The second-order valence-corrected chi connectivity index (χ2v) is 3.87. The van der Waals surface area contributed by atoms with E-state index in [9.17, 15) is 14.4 Å². The van der Waals surface area contributed by atoms with E-state index in [0.29, 0.717) is 5.69 Å². The van der Waals surface area contributed by atoms with Crippen LogP contribution in [-0.4, -0.2) is 21.1 Å². The molecule has 1 aromatic carbocycles. The van der Waals surface area contributed by atoms with Crippen LogP contribution in [0, 0.1) is 0 Å². The van der Waals surface area contributed by atoms with Gasteiger partial charge in [0.25, 0.3) is 5.56 Å². The van der Waals surface area contributed by atoms with Crippen LogP contribution in [0.2, 0.25) is 0 Å². The molecule has 2 aromatic rings. The maximum atomic E-state index is 11.6. The molecule has 0 saturated carbocycles. The molecule has 3 N–H and O–H groups in total. The van der Waals surface area contributed by atoms with E-state index in [1.807, 2.05) is 18.2 Å². The number of rotatable bonds is 4. The molecule has 2 rings (SSSR count). The fourth-order valence-corrected chi connectivity index (χ4v) is 1.52. The quantitative estimate of drug-likeness (QED) is 0.720. The molecule has 1 amide bonds. The molecule has 19 heavy (non-hydrogen) atoms. The summed E-state index contributed by atoms with van der Waals surface area (Å²) in [7, 11) is 0. The van der Waals surface area contributed by atoms with Gasteiger partial charge in [-0.3, -0.25) is 14.6 Å². The van der Waals surface area contributed by atoms with Gasteiger partial charge in [-0.15, -0.1) is 0 Å². The van der Waals surface area contributed by atoms with Crippen LogP contribution in [0.3, 0.4) is 0 Å². The number of amides is 1. The zero-order chi connectivity index (χ0) is 13.7. The summed E-state index contributed by atoms with van der Waals surface area (Å²) in [6.45, 7) is 0. The van der Waals surface area contributed by atoms with Crippen molar-refractivity contribution < 1.29 is 4.79 Å². The minimum atomic E-state index is -0.664. The van der Waals surface area contributed by atoms with E-state index in [4.69, 9.17) is 0 Å². The van der Waals surface area contributed by atoms with Gasteiger partial charge in [-0.1, -0.05) is 18.2 Å². The first-order valence-electron chi connectivity index (χ1n) is 5.68. The van der Waals surface area contributed by atoms with Gasteiger partial charge in [-0.2, -0.15) is 5.10 Å². The van der Waals surface area contributed by atoms with Crippen LogP contribution >= 0.6 is 0 Å². The number of H-pyrrole nitrogens is 2. The third kappa shape index (κ3) is 3.63. The highest BCUT2D eigenvalue weighted by molar-refractivity contribution is 5.90. The Morgan fingerprint density at radius 3 is 2.63 bits per heavy atom. The number of benzene rings is 1.